The molecule has 0 spiro atoms. The molecule has 1 aromatic rings. The molecule has 0 atom stereocenters. The summed E-state index contributed by atoms with van der Waals surface area (Å²) in [6, 6.07) is 5.50. The van der Waals surface area contributed by atoms with Crippen molar-refractivity contribution in [2.24, 2.45) is 0 Å². The van der Waals surface area contributed by atoms with Crippen molar-refractivity contribution in [2.75, 3.05) is 24.3 Å². The molecule has 0 saturated heterocycles. The maximum absolute atomic E-state index is 11.4. The Morgan fingerprint density at radius 3 is 2.87 bits per heavy atom. The monoisotopic (exact) mass is 208 g/mol. The van der Waals surface area contributed by atoms with Gasteiger partial charge in [0, 0.05) is 6.61 Å². The van der Waals surface area contributed by atoms with Crippen LogP contribution >= 0.6 is 0 Å². The quantitative estimate of drug-likeness (QED) is 0.738. The molecule has 3 N–H and O–H groups in total. The number of carbonyl (C=O) groups is 1. The number of benzene rings is 1. The summed E-state index contributed by atoms with van der Waals surface area (Å²) in [5.74, 6) is -0.183. The average Bonchev–Trinajstić information content (AvgIpc) is 2.21. The third-order valence-electron chi connectivity index (χ3n) is 2.01. The van der Waals surface area contributed by atoms with Crippen LogP contribution in [0.5, 0.6) is 0 Å². The van der Waals surface area contributed by atoms with Crippen LogP contribution in [0.4, 0.5) is 11.4 Å². The Morgan fingerprint density at radius 2 is 2.27 bits per heavy atom. The largest absolute Gasteiger partial charge is 0.397 e. The van der Waals surface area contributed by atoms with Gasteiger partial charge >= 0.3 is 0 Å². The fourth-order valence-corrected chi connectivity index (χ4v) is 1.23. The highest BCUT2D eigenvalue weighted by atomic mass is 16.5. The minimum absolute atomic E-state index is 0.0598. The van der Waals surface area contributed by atoms with Crippen LogP contribution in [0.25, 0.3) is 0 Å². The Kier molecular flexibility index (Phi) is 4.12. The first-order chi connectivity index (χ1) is 7.15. The van der Waals surface area contributed by atoms with E-state index in [0.717, 1.165) is 5.56 Å². The number of nitrogens with two attached hydrogens (primary N) is 1. The number of amides is 1. The van der Waals surface area contributed by atoms with Gasteiger partial charge in [0.15, 0.2) is 0 Å². The molecule has 0 radical (unpaired) electrons. The number of nitrogen functional groups attached to an aromatic ring is 1. The molecule has 0 aliphatic carbocycles. The van der Waals surface area contributed by atoms with Gasteiger partial charge in [0.25, 0.3) is 0 Å². The van der Waals surface area contributed by atoms with Crippen LogP contribution in [0.1, 0.15) is 12.5 Å². The van der Waals surface area contributed by atoms with E-state index in [-0.39, 0.29) is 12.5 Å². The Labute approximate surface area is 89.4 Å². The topological polar surface area (TPSA) is 64.3 Å². The molecule has 0 aliphatic rings. The fourth-order valence-electron chi connectivity index (χ4n) is 1.23. The van der Waals surface area contributed by atoms with E-state index in [1.165, 1.54) is 0 Å². The highest BCUT2D eigenvalue weighted by Gasteiger charge is 2.06. The van der Waals surface area contributed by atoms with E-state index in [9.17, 15) is 4.79 Å². The van der Waals surface area contributed by atoms with Crippen LogP contribution in [0.2, 0.25) is 0 Å². The van der Waals surface area contributed by atoms with Crippen molar-refractivity contribution in [1.82, 2.24) is 0 Å². The van der Waals surface area contributed by atoms with E-state index < -0.39 is 0 Å². The van der Waals surface area contributed by atoms with E-state index in [4.69, 9.17) is 10.5 Å². The van der Waals surface area contributed by atoms with E-state index in [1.54, 1.807) is 6.07 Å². The molecule has 0 heterocycles. The maximum atomic E-state index is 11.4. The minimum atomic E-state index is -0.183. The smallest absolute Gasteiger partial charge is 0.250 e. The van der Waals surface area contributed by atoms with Gasteiger partial charge in [-0.05, 0) is 25.5 Å². The molecule has 0 fully saturated rings. The van der Waals surface area contributed by atoms with Crippen LogP contribution in [-0.4, -0.2) is 19.1 Å². The van der Waals surface area contributed by atoms with E-state index in [0.29, 0.717) is 18.0 Å². The van der Waals surface area contributed by atoms with Crippen molar-refractivity contribution < 1.29 is 9.53 Å². The first-order valence-electron chi connectivity index (χ1n) is 4.87. The molecular formula is C11H16N2O2. The lowest BCUT2D eigenvalue weighted by Gasteiger charge is -2.10. The van der Waals surface area contributed by atoms with Gasteiger partial charge in [0.2, 0.25) is 5.91 Å². The number of hydrogen-bond donors (Lipinski definition) is 2. The number of rotatable bonds is 4. The van der Waals surface area contributed by atoms with Gasteiger partial charge in [-0.2, -0.15) is 0 Å². The van der Waals surface area contributed by atoms with E-state index in [2.05, 4.69) is 5.32 Å². The first kappa shape index (κ1) is 11.5. The number of anilines is 2. The zero-order valence-electron chi connectivity index (χ0n) is 9.04. The Balaban J connectivity index is 2.68. The number of aryl methyl sites for hydroxylation is 1. The lowest BCUT2D eigenvalue weighted by Crippen LogP contribution is -2.19. The normalized spacial score (nSPS) is 10.0. The van der Waals surface area contributed by atoms with Gasteiger partial charge in [0.05, 0.1) is 11.4 Å². The van der Waals surface area contributed by atoms with Gasteiger partial charge in [-0.25, -0.2) is 0 Å². The van der Waals surface area contributed by atoms with Gasteiger partial charge < -0.3 is 15.8 Å². The summed E-state index contributed by atoms with van der Waals surface area (Å²) in [7, 11) is 0. The zero-order chi connectivity index (χ0) is 11.3. The summed E-state index contributed by atoms with van der Waals surface area (Å²) in [5.41, 5.74) is 7.93. The summed E-state index contributed by atoms with van der Waals surface area (Å²) in [6.45, 7) is 4.32. The predicted molar refractivity (Wildman–Crippen MR) is 60.7 cm³/mol. The fraction of sp³-hybridized carbons (Fsp3) is 0.364. The summed E-state index contributed by atoms with van der Waals surface area (Å²) in [5, 5.41) is 2.72. The molecule has 1 amide bonds. The number of hydrogen-bond acceptors (Lipinski definition) is 3. The van der Waals surface area contributed by atoms with Crippen LogP contribution in [-0.2, 0) is 9.53 Å². The van der Waals surface area contributed by atoms with Gasteiger partial charge in [-0.1, -0.05) is 12.1 Å². The summed E-state index contributed by atoms with van der Waals surface area (Å²) >= 11 is 0. The van der Waals surface area contributed by atoms with Crippen LogP contribution in [0.3, 0.4) is 0 Å². The summed E-state index contributed by atoms with van der Waals surface area (Å²) in [4.78, 5) is 11.4. The van der Waals surface area contributed by atoms with Crippen molar-refractivity contribution in [1.29, 1.82) is 0 Å². The highest BCUT2D eigenvalue weighted by Crippen LogP contribution is 2.22. The Morgan fingerprint density at radius 1 is 1.53 bits per heavy atom. The highest BCUT2D eigenvalue weighted by molar-refractivity contribution is 5.95. The average molecular weight is 208 g/mol. The number of ether oxygens (including phenoxy) is 1. The molecule has 0 unspecified atom stereocenters. The van der Waals surface area contributed by atoms with Crippen molar-refractivity contribution in [3.63, 3.8) is 0 Å². The first-order valence-corrected chi connectivity index (χ1v) is 4.87. The molecule has 1 rings (SSSR count). The van der Waals surface area contributed by atoms with Gasteiger partial charge in [-0.15, -0.1) is 0 Å². The second-order valence-corrected chi connectivity index (χ2v) is 3.22. The molecule has 4 nitrogen and oxygen atoms in total. The van der Waals surface area contributed by atoms with E-state index >= 15 is 0 Å². The molecule has 0 saturated carbocycles. The van der Waals surface area contributed by atoms with Crippen molar-refractivity contribution in [2.45, 2.75) is 13.8 Å². The van der Waals surface area contributed by atoms with Gasteiger partial charge in [-0.3, -0.25) is 4.79 Å². The second-order valence-electron chi connectivity index (χ2n) is 3.22. The summed E-state index contributed by atoms with van der Waals surface area (Å²) in [6.07, 6.45) is 0. The van der Waals surface area contributed by atoms with Gasteiger partial charge in [0.1, 0.15) is 6.61 Å². The third kappa shape index (κ3) is 3.25. The number of nitrogens with one attached hydrogen (secondary N) is 1. The van der Waals surface area contributed by atoms with E-state index in [1.807, 2.05) is 26.0 Å². The molecule has 0 aromatic heterocycles. The predicted octanol–water partition coefficient (Wildman–Crippen LogP) is 1.55. The molecule has 15 heavy (non-hydrogen) atoms. The minimum Gasteiger partial charge on any atom is -0.397 e. The molecular weight excluding hydrogens is 192 g/mol. The molecule has 4 heteroatoms. The Bertz CT molecular complexity index is 330. The molecule has 82 valence electrons. The molecule has 1 aromatic carbocycles. The number of carbonyl (C=O) groups excluding carboxylic acids is 1. The van der Waals surface area contributed by atoms with Crippen molar-refractivity contribution in [3.05, 3.63) is 23.8 Å². The molecule has 0 bridgehead atoms. The standard InChI is InChI=1S/C11H16N2O2/c1-3-15-7-10(14)13-11-8(2)5-4-6-9(11)12/h4-6H,3,7,12H2,1-2H3,(H,13,14). The van der Waals surface area contributed by atoms with Crippen LogP contribution in [0, 0.1) is 6.92 Å². The van der Waals surface area contributed by atoms with Crippen LogP contribution in [0.15, 0.2) is 18.2 Å². The van der Waals surface area contributed by atoms with Crippen molar-refractivity contribution >= 4 is 17.3 Å². The lowest BCUT2D eigenvalue weighted by molar-refractivity contribution is -0.120. The SMILES string of the molecule is CCOCC(=O)Nc1c(C)cccc1N. The zero-order valence-corrected chi connectivity index (χ0v) is 9.04. The Hall–Kier alpha value is -1.55. The summed E-state index contributed by atoms with van der Waals surface area (Å²) < 4.78 is 4.99. The molecule has 0 aliphatic heterocycles. The second kappa shape index (κ2) is 5.36. The third-order valence-corrected chi connectivity index (χ3v) is 2.01. The van der Waals surface area contributed by atoms with Crippen LogP contribution < -0.4 is 11.1 Å². The lowest BCUT2D eigenvalue weighted by atomic mass is 10.1. The van der Waals surface area contributed by atoms with Crippen molar-refractivity contribution in [3.8, 4) is 0 Å². The number of para-hydroxylation sites is 1. The maximum Gasteiger partial charge on any atom is 0.250 e.